The molecule has 0 saturated heterocycles. The minimum atomic E-state index is -3.42. The molecule has 0 aliphatic heterocycles. The Kier molecular flexibility index (Phi) is 7.85. The summed E-state index contributed by atoms with van der Waals surface area (Å²) in [6, 6.07) is 4.18. The van der Waals surface area contributed by atoms with Gasteiger partial charge in [-0.1, -0.05) is 26.3 Å². The lowest BCUT2D eigenvalue weighted by atomic mass is 9.97. The number of benzene rings is 1. The number of hydrogen-bond acceptors (Lipinski definition) is 4. The molecule has 2 rings (SSSR count). The first kappa shape index (κ1) is 21.1. The van der Waals surface area contributed by atoms with Crippen LogP contribution >= 0.6 is 0 Å². The normalized spacial score (nSPS) is 16.0. The summed E-state index contributed by atoms with van der Waals surface area (Å²) in [7, 11) is -3.42. The first-order chi connectivity index (χ1) is 12.3. The van der Waals surface area contributed by atoms with E-state index in [9.17, 15) is 12.8 Å². The van der Waals surface area contributed by atoms with Gasteiger partial charge in [0.2, 0.25) is 10.0 Å². The fourth-order valence-corrected chi connectivity index (χ4v) is 4.27. The summed E-state index contributed by atoms with van der Waals surface area (Å²) in [6.07, 6.45) is 4.44. The highest BCUT2D eigenvalue weighted by molar-refractivity contribution is 7.89. The smallest absolute Gasteiger partial charge is 0.212 e. The highest BCUT2D eigenvalue weighted by atomic mass is 32.2. The number of nitrogens with one attached hydrogen (secondary N) is 1. The largest absolute Gasteiger partial charge is 0.490 e. The lowest BCUT2D eigenvalue weighted by Crippen LogP contribution is -2.33. The summed E-state index contributed by atoms with van der Waals surface area (Å²) in [6.45, 7) is 4.96. The van der Waals surface area contributed by atoms with Gasteiger partial charge in [-0.25, -0.2) is 17.5 Å². The number of ether oxygens (including phenoxy) is 1. The zero-order valence-corrected chi connectivity index (χ0v) is 16.5. The molecule has 148 valence electrons. The van der Waals surface area contributed by atoms with Crippen molar-refractivity contribution < 1.29 is 17.5 Å². The van der Waals surface area contributed by atoms with Crippen LogP contribution in [0, 0.1) is 17.7 Å². The maximum absolute atomic E-state index is 14.0. The Morgan fingerprint density at radius 3 is 2.62 bits per heavy atom. The van der Waals surface area contributed by atoms with Crippen LogP contribution in [-0.2, 0) is 10.0 Å². The van der Waals surface area contributed by atoms with Gasteiger partial charge >= 0.3 is 0 Å². The zero-order chi connectivity index (χ0) is 19.2. The van der Waals surface area contributed by atoms with Crippen molar-refractivity contribution in [1.29, 1.82) is 0 Å². The molecule has 1 aliphatic rings. The van der Waals surface area contributed by atoms with Crippen molar-refractivity contribution in [3.05, 3.63) is 29.6 Å². The van der Waals surface area contributed by atoms with E-state index in [0.717, 1.165) is 31.2 Å². The van der Waals surface area contributed by atoms with E-state index < -0.39 is 21.9 Å². The summed E-state index contributed by atoms with van der Waals surface area (Å²) in [4.78, 5) is 0. The number of halogens is 1. The Balaban J connectivity index is 2.06. The Bertz CT molecular complexity index is 675. The van der Waals surface area contributed by atoms with Crippen molar-refractivity contribution in [2.24, 2.45) is 17.6 Å². The Hall–Kier alpha value is -1.18. The van der Waals surface area contributed by atoms with Gasteiger partial charge in [0.15, 0.2) is 11.6 Å². The molecule has 0 radical (unpaired) electrons. The van der Waals surface area contributed by atoms with Gasteiger partial charge in [0.05, 0.1) is 12.4 Å². The molecule has 0 amide bonds. The van der Waals surface area contributed by atoms with Gasteiger partial charge in [-0.2, -0.15) is 0 Å². The molecule has 0 spiro atoms. The van der Waals surface area contributed by atoms with E-state index in [1.807, 2.05) is 13.8 Å². The SMILES string of the molecule is CC(C)C(NS(=O)(=O)CCCCCN)c1ccc(F)c(OCC2CC2)c1. The molecule has 26 heavy (non-hydrogen) atoms. The Morgan fingerprint density at radius 2 is 2.00 bits per heavy atom. The molecule has 0 heterocycles. The minimum absolute atomic E-state index is 0.0237. The van der Waals surface area contributed by atoms with Gasteiger partial charge < -0.3 is 10.5 Å². The van der Waals surface area contributed by atoms with Crippen LogP contribution in [0.5, 0.6) is 5.75 Å². The average molecular weight is 387 g/mol. The van der Waals surface area contributed by atoms with Crippen LogP contribution in [0.25, 0.3) is 0 Å². The molecular weight excluding hydrogens is 355 g/mol. The second-order valence-corrected chi connectivity index (χ2v) is 9.33. The molecule has 1 atom stereocenters. The van der Waals surface area contributed by atoms with E-state index in [2.05, 4.69) is 4.72 Å². The molecule has 7 heteroatoms. The quantitative estimate of drug-likeness (QED) is 0.540. The third kappa shape index (κ3) is 6.85. The maximum atomic E-state index is 14.0. The third-order valence-electron chi connectivity index (χ3n) is 4.58. The second kappa shape index (κ2) is 9.67. The second-order valence-electron chi connectivity index (χ2n) is 7.45. The van der Waals surface area contributed by atoms with Crippen LogP contribution in [0.3, 0.4) is 0 Å². The lowest BCUT2D eigenvalue weighted by molar-refractivity contribution is 0.284. The number of nitrogens with two attached hydrogens (primary N) is 1. The summed E-state index contributed by atoms with van der Waals surface area (Å²) in [5.41, 5.74) is 6.16. The Morgan fingerprint density at radius 1 is 1.27 bits per heavy atom. The molecular formula is C19H31FN2O3S. The van der Waals surface area contributed by atoms with E-state index in [1.165, 1.54) is 6.07 Å². The van der Waals surface area contributed by atoms with Crippen molar-refractivity contribution in [3.8, 4) is 5.75 Å². The van der Waals surface area contributed by atoms with Crippen LogP contribution in [0.4, 0.5) is 4.39 Å². The zero-order valence-electron chi connectivity index (χ0n) is 15.7. The molecule has 5 nitrogen and oxygen atoms in total. The highest BCUT2D eigenvalue weighted by Crippen LogP contribution is 2.32. The molecule has 0 aromatic heterocycles. The van der Waals surface area contributed by atoms with Gasteiger partial charge in [-0.05, 0) is 61.8 Å². The topological polar surface area (TPSA) is 81.4 Å². The summed E-state index contributed by atoms with van der Waals surface area (Å²) in [5, 5.41) is 0. The monoisotopic (exact) mass is 386 g/mol. The molecule has 1 unspecified atom stereocenters. The lowest BCUT2D eigenvalue weighted by Gasteiger charge is -2.23. The van der Waals surface area contributed by atoms with Crippen LogP contribution in [0.15, 0.2) is 18.2 Å². The van der Waals surface area contributed by atoms with Gasteiger partial charge in [0.1, 0.15) is 0 Å². The average Bonchev–Trinajstić information content (AvgIpc) is 3.40. The molecule has 1 saturated carbocycles. The maximum Gasteiger partial charge on any atom is 0.212 e. The molecule has 1 aliphatic carbocycles. The van der Waals surface area contributed by atoms with Gasteiger partial charge in [-0.3, -0.25) is 0 Å². The number of sulfonamides is 1. The molecule has 1 aromatic carbocycles. The number of hydrogen-bond donors (Lipinski definition) is 2. The van der Waals surface area contributed by atoms with Crippen molar-refractivity contribution in [2.75, 3.05) is 18.9 Å². The summed E-state index contributed by atoms with van der Waals surface area (Å²) < 4.78 is 47.2. The van der Waals surface area contributed by atoms with E-state index in [0.29, 0.717) is 25.5 Å². The molecule has 0 bridgehead atoms. The van der Waals surface area contributed by atoms with E-state index in [-0.39, 0.29) is 17.4 Å². The first-order valence-electron chi connectivity index (χ1n) is 9.44. The minimum Gasteiger partial charge on any atom is -0.490 e. The van der Waals surface area contributed by atoms with Crippen molar-refractivity contribution in [2.45, 2.75) is 52.0 Å². The van der Waals surface area contributed by atoms with E-state index in [1.54, 1.807) is 12.1 Å². The summed E-state index contributed by atoms with van der Waals surface area (Å²) in [5.74, 6) is 0.396. The fraction of sp³-hybridized carbons (Fsp3) is 0.684. The van der Waals surface area contributed by atoms with E-state index in [4.69, 9.17) is 10.5 Å². The molecule has 1 aromatic rings. The van der Waals surface area contributed by atoms with Crippen molar-refractivity contribution in [1.82, 2.24) is 4.72 Å². The summed E-state index contributed by atoms with van der Waals surface area (Å²) >= 11 is 0. The highest BCUT2D eigenvalue weighted by Gasteiger charge is 2.25. The van der Waals surface area contributed by atoms with Crippen LogP contribution in [0.2, 0.25) is 0 Å². The van der Waals surface area contributed by atoms with Gasteiger partial charge in [0.25, 0.3) is 0 Å². The third-order valence-corrected chi connectivity index (χ3v) is 6.02. The number of rotatable bonds is 12. The van der Waals surface area contributed by atoms with Crippen LogP contribution in [0.1, 0.15) is 57.6 Å². The van der Waals surface area contributed by atoms with E-state index >= 15 is 0 Å². The molecule has 3 N–H and O–H groups in total. The standard InChI is InChI=1S/C19H31FN2O3S/c1-14(2)19(22-26(23,24)11-5-3-4-10-21)16-8-9-17(20)18(12-16)25-13-15-6-7-15/h8-9,12,14-15,19,22H,3-7,10-11,13,21H2,1-2H3. The van der Waals surface area contributed by atoms with Crippen LogP contribution in [-0.4, -0.2) is 27.3 Å². The van der Waals surface area contributed by atoms with Gasteiger partial charge in [-0.15, -0.1) is 0 Å². The van der Waals surface area contributed by atoms with Gasteiger partial charge in [0, 0.05) is 6.04 Å². The van der Waals surface area contributed by atoms with Crippen LogP contribution < -0.4 is 15.2 Å². The number of unbranched alkanes of at least 4 members (excludes halogenated alkanes) is 2. The predicted octanol–water partition coefficient (Wildman–Crippen LogP) is 3.36. The Labute approximate surface area is 156 Å². The fourth-order valence-electron chi connectivity index (χ4n) is 2.77. The van der Waals surface area contributed by atoms with Crippen molar-refractivity contribution in [3.63, 3.8) is 0 Å². The molecule has 1 fully saturated rings. The predicted molar refractivity (Wildman–Crippen MR) is 102 cm³/mol. The first-order valence-corrected chi connectivity index (χ1v) is 11.1. The van der Waals surface area contributed by atoms with Crippen molar-refractivity contribution >= 4 is 10.0 Å².